The van der Waals surface area contributed by atoms with Crippen molar-refractivity contribution in [2.45, 2.75) is 6.92 Å². The van der Waals surface area contributed by atoms with E-state index in [4.69, 9.17) is 0 Å². The lowest BCUT2D eigenvalue weighted by atomic mass is 9.97. The Morgan fingerprint density at radius 1 is 0.842 bits per heavy atom. The molecule has 0 unspecified atom stereocenters. The highest BCUT2D eigenvalue weighted by Gasteiger charge is 2.13. The fourth-order valence-corrected chi connectivity index (χ4v) is 2.34. The molecular weight excluding hydrogens is 368 g/mol. The van der Waals surface area contributed by atoms with E-state index >= 15 is 0 Å². The van der Waals surface area contributed by atoms with Gasteiger partial charge < -0.3 is 0 Å². The molecule has 0 heterocycles. The molecule has 0 saturated heterocycles. The zero-order valence-electron chi connectivity index (χ0n) is 10.4. The molecule has 0 amide bonds. The maximum atomic E-state index is 12.5. The van der Waals surface area contributed by atoms with Crippen molar-refractivity contribution in [3.8, 4) is 0 Å². The second kappa shape index (κ2) is 6.31. The van der Waals surface area contributed by atoms with Gasteiger partial charge >= 0.3 is 0 Å². The summed E-state index contributed by atoms with van der Waals surface area (Å²) >= 11 is 6.77. The third-order valence-electron chi connectivity index (χ3n) is 2.79. The Morgan fingerprint density at radius 3 is 1.68 bits per heavy atom. The van der Waals surface area contributed by atoms with Crippen molar-refractivity contribution in [3.63, 3.8) is 0 Å². The van der Waals surface area contributed by atoms with Crippen LogP contribution >= 0.6 is 31.9 Å². The molecule has 0 spiro atoms. The second-order valence-corrected chi connectivity index (χ2v) is 5.88. The van der Waals surface area contributed by atoms with Gasteiger partial charge in [0.05, 0.1) is 0 Å². The lowest BCUT2D eigenvalue weighted by molar-refractivity contribution is 0.105. The van der Waals surface area contributed by atoms with Crippen molar-refractivity contribution in [1.29, 1.82) is 0 Å². The fourth-order valence-electron chi connectivity index (χ4n) is 1.82. The van der Waals surface area contributed by atoms with Crippen LogP contribution in [0.3, 0.4) is 0 Å². The van der Waals surface area contributed by atoms with Crippen LogP contribution in [0.5, 0.6) is 0 Å². The smallest absolute Gasteiger partial charge is 0.193 e. The molecule has 1 nitrogen and oxygen atoms in total. The first kappa shape index (κ1) is 14.2. The molecule has 0 aromatic heterocycles. The van der Waals surface area contributed by atoms with Crippen molar-refractivity contribution in [3.05, 3.63) is 74.7 Å². The van der Waals surface area contributed by atoms with Crippen LogP contribution in [0.15, 0.2) is 63.6 Å². The molecule has 0 atom stereocenters. The molecule has 0 fully saturated rings. The highest BCUT2D eigenvalue weighted by Crippen LogP contribution is 2.22. The minimum Gasteiger partial charge on any atom is -0.289 e. The Hall–Kier alpha value is -1.19. The molecule has 0 aliphatic heterocycles. The third-order valence-corrected chi connectivity index (χ3v) is 3.85. The summed E-state index contributed by atoms with van der Waals surface area (Å²) in [5.74, 6) is 0.0392. The van der Waals surface area contributed by atoms with E-state index in [0.717, 1.165) is 20.1 Å². The Morgan fingerprint density at radius 2 is 1.26 bits per heavy atom. The van der Waals surface area contributed by atoms with Crippen LogP contribution in [-0.4, -0.2) is 5.78 Å². The van der Waals surface area contributed by atoms with Crippen LogP contribution in [0, 0.1) is 0 Å². The second-order valence-electron chi connectivity index (χ2n) is 4.05. The monoisotopic (exact) mass is 378 g/mol. The van der Waals surface area contributed by atoms with E-state index in [-0.39, 0.29) is 5.78 Å². The first-order valence-electron chi connectivity index (χ1n) is 5.84. The molecule has 0 N–H and O–H groups in total. The van der Waals surface area contributed by atoms with Gasteiger partial charge in [-0.05, 0) is 48.9 Å². The number of carbonyl (C=O) groups excluding carboxylic acids is 1. The summed E-state index contributed by atoms with van der Waals surface area (Å²) in [7, 11) is 0. The first-order chi connectivity index (χ1) is 9.11. The Balaban J connectivity index is 2.35. The number of hydrogen-bond acceptors (Lipinski definition) is 1. The Bertz CT molecular complexity index is 610. The first-order valence-corrected chi connectivity index (χ1v) is 7.43. The number of ketones is 1. The van der Waals surface area contributed by atoms with E-state index in [1.54, 1.807) is 0 Å². The highest BCUT2D eigenvalue weighted by molar-refractivity contribution is 9.10. The van der Waals surface area contributed by atoms with Gasteiger partial charge in [-0.25, -0.2) is 0 Å². The normalized spacial score (nSPS) is 11.4. The van der Waals surface area contributed by atoms with Gasteiger partial charge in [-0.3, -0.25) is 4.79 Å². The zero-order chi connectivity index (χ0) is 13.8. The van der Waals surface area contributed by atoms with Gasteiger partial charge in [-0.1, -0.05) is 50.1 Å². The summed E-state index contributed by atoms with van der Waals surface area (Å²) in [5.41, 5.74) is 2.34. The van der Waals surface area contributed by atoms with Crippen molar-refractivity contribution >= 4 is 43.2 Å². The van der Waals surface area contributed by atoms with Gasteiger partial charge in [0.15, 0.2) is 5.78 Å². The van der Waals surface area contributed by atoms with Gasteiger partial charge in [0.2, 0.25) is 0 Å². The predicted molar refractivity (Wildman–Crippen MR) is 86.3 cm³/mol. The number of benzene rings is 2. The van der Waals surface area contributed by atoms with Crippen molar-refractivity contribution in [2.24, 2.45) is 0 Å². The quantitative estimate of drug-likeness (QED) is 0.508. The van der Waals surface area contributed by atoms with Gasteiger partial charge in [-0.2, -0.15) is 0 Å². The van der Waals surface area contributed by atoms with Crippen LogP contribution in [0.4, 0.5) is 0 Å². The van der Waals surface area contributed by atoms with Crippen molar-refractivity contribution in [1.82, 2.24) is 0 Å². The summed E-state index contributed by atoms with van der Waals surface area (Å²) in [6.07, 6.45) is 1.85. The number of hydrogen-bond donors (Lipinski definition) is 0. The van der Waals surface area contributed by atoms with E-state index in [0.29, 0.717) is 5.56 Å². The molecule has 2 aromatic carbocycles. The minimum absolute atomic E-state index is 0.0392. The molecule has 2 rings (SSSR count). The zero-order valence-corrected chi connectivity index (χ0v) is 13.5. The van der Waals surface area contributed by atoms with Gasteiger partial charge in [0.1, 0.15) is 0 Å². The molecule has 0 saturated carbocycles. The summed E-state index contributed by atoms with van der Waals surface area (Å²) in [5, 5.41) is 0. The molecule has 19 heavy (non-hydrogen) atoms. The summed E-state index contributed by atoms with van der Waals surface area (Å²) < 4.78 is 1.97. The molecule has 0 bridgehead atoms. The predicted octanol–water partition coefficient (Wildman–Crippen LogP) is 5.50. The van der Waals surface area contributed by atoms with E-state index in [2.05, 4.69) is 31.9 Å². The SMILES string of the molecule is C/C=C(/C(=O)c1ccc(Br)cc1)c1ccc(Br)cc1. The number of carbonyl (C=O) groups is 1. The van der Waals surface area contributed by atoms with Crippen LogP contribution < -0.4 is 0 Å². The molecule has 0 radical (unpaired) electrons. The molecule has 3 heteroatoms. The van der Waals surface area contributed by atoms with Gasteiger partial charge in [-0.15, -0.1) is 0 Å². The van der Waals surface area contributed by atoms with E-state index in [1.165, 1.54) is 0 Å². The summed E-state index contributed by atoms with van der Waals surface area (Å²) in [4.78, 5) is 12.5. The van der Waals surface area contributed by atoms with Crippen molar-refractivity contribution < 1.29 is 4.79 Å². The van der Waals surface area contributed by atoms with Crippen LogP contribution in [-0.2, 0) is 0 Å². The largest absolute Gasteiger partial charge is 0.289 e. The van der Waals surface area contributed by atoms with Crippen LogP contribution in [0.2, 0.25) is 0 Å². The Kier molecular flexibility index (Phi) is 4.72. The highest BCUT2D eigenvalue weighted by atomic mass is 79.9. The lowest BCUT2D eigenvalue weighted by Crippen LogP contribution is -2.02. The van der Waals surface area contributed by atoms with E-state index in [9.17, 15) is 4.79 Å². The number of rotatable bonds is 3. The van der Waals surface area contributed by atoms with E-state index in [1.807, 2.05) is 61.5 Å². The standard InChI is InChI=1S/C16H12Br2O/c1-2-15(11-3-7-13(17)8-4-11)16(19)12-5-9-14(18)10-6-12/h2-10H,1H3/b15-2+. The maximum absolute atomic E-state index is 12.5. The van der Waals surface area contributed by atoms with Crippen LogP contribution in [0.1, 0.15) is 22.8 Å². The summed E-state index contributed by atoms with van der Waals surface area (Å²) in [6.45, 7) is 1.88. The number of halogens is 2. The summed E-state index contributed by atoms with van der Waals surface area (Å²) in [6, 6.07) is 15.2. The lowest BCUT2D eigenvalue weighted by Gasteiger charge is -2.07. The Labute approximate surface area is 129 Å². The van der Waals surface area contributed by atoms with Gasteiger partial charge in [0, 0.05) is 20.1 Å². The molecule has 0 aliphatic rings. The van der Waals surface area contributed by atoms with E-state index < -0.39 is 0 Å². The molecule has 96 valence electrons. The molecular formula is C16H12Br2O. The average Bonchev–Trinajstić information content (AvgIpc) is 2.42. The van der Waals surface area contributed by atoms with Crippen molar-refractivity contribution in [2.75, 3.05) is 0 Å². The molecule has 0 aliphatic carbocycles. The minimum atomic E-state index is 0.0392. The number of allylic oxidation sites excluding steroid dienone is 2. The average molecular weight is 380 g/mol. The topological polar surface area (TPSA) is 17.1 Å². The molecule has 2 aromatic rings. The fraction of sp³-hybridized carbons (Fsp3) is 0.0625. The third kappa shape index (κ3) is 3.43. The number of Topliss-reactive ketones (excluding diaryl/α,β-unsaturated/α-hetero) is 1. The van der Waals surface area contributed by atoms with Gasteiger partial charge in [0.25, 0.3) is 0 Å². The maximum Gasteiger partial charge on any atom is 0.193 e. The van der Waals surface area contributed by atoms with Crippen LogP contribution in [0.25, 0.3) is 5.57 Å².